The van der Waals surface area contributed by atoms with Gasteiger partial charge < -0.3 is 4.57 Å². The van der Waals surface area contributed by atoms with Gasteiger partial charge in [-0.15, -0.1) is 0 Å². The molecule has 1 aliphatic rings. The van der Waals surface area contributed by atoms with Crippen molar-refractivity contribution in [3.8, 4) is 62.1 Å². The highest BCUT2D eigenvalue weighted by Gasteiger charge is 2.46. The van der Waals surface area contributed by atoms with Gasteiger partial charge in [0.25, 0.3) is 0 Å². The first-order valence-electron chi connectivity index (χ1n) is 21.1. The van der Waals surface area contributed by atoms with Crippen molar-refractivity contribution in [1.29, 1.82) is 0 Å². The van der Waals surface area contributed by atoms with Crippen LogP contribution in [0, 0.1) is 0 Å². The first-order valence-corrected chi connectivity index (χ1v) is 21.1. The molecule has 0 bridgehead atoms. The zero-order valence-electron chi connectivity index (χ0n) is 33.7. The van der Waals surface area contributed by atoms with Gasteiger partial charge in [-0.05, 0) is 87.0 Å². The highest BCUT2D eigenvalue weighted by molar-refractivity contribution is 6.11. The van der Waals surface area contributed by atoms with Crippen LogP contribution in [0.4, 0.5) is 0 Å². The third kappa shape index (κ3) is 5.58. The largest absolute Gasteiger partial charge is 0.309 e. The van der Waals surface area contributed by atoms with Crippen LogP contribution in [0.3, 0.4) is 0 Å². The third-order valence-corrected chi connectivity index (χ3v) is 12.5. The Bertz CT molecular complexity index is 3340. The molecule has 4 heteroatoms. The highest BCUT2D eigenvalue weighted by Crippen LogP contribution is 2.58. The van der Waals surface area contributed by atoms with E-state index in [1.54, 1.807) is 0 Å². The van der Waals surface area contributed by atoms with E-state index in [0.717, 1.165) is 44.6 Å². The smallest absolute Gasteiger partial charge is 0.164 e. The van der Waals surface area contributed by atoms with Crippen molar-refractivity contribution in [2.45, 2.75) is 5.41 Å². The quantitative estimate of drug-likeness (QED) is 0.161. The molecule has 0 saturated heterocycles. The molecule has 0 spiro atoms. The molecule has 0 fully saturated rings. The molecule has 0 amide bonds. The number of aromatic nitrogens is 4. The fraction of sp³-hybridized carbons (Fsp3) is 0.0172. The molecular formula is C58H38N4. The van der Waals surface area contributed by atoms with E-state index in [2.05, 4.69) is 199 Å². The molecule has 0 N–H and O–H groups in total. The Labute approximate surface area is 360 Å². The van der Waals surface area contributed by atoms with E-state index in [-0.39, 0.29) is 0 Å². The zero-order chi connectivity index (χ0) is 41.0. The van der Waals surface area contributed by atoms with Crippen LogP contribution in [0.15, 0.2) is 231 Å². The van der Waals surface area contributed by atoms with Crippen LogP contribution in [-0.4, -0.2) is 19.5 Å². The van der Waals surface area contributed by atoms with Crippen LogP contribution >= 0.6 is 0 Å². The van der Waals surface area contributed by atoms with E-state index < -0.39 is 5.41 Å². The van der Waals surface area contributed by atoms with E-state index in [1.165, 1.54) is 44.1 Å². The Morgan fingerprint density at radius 2 is 0.823 bits per heavy atom. The monoisotopic (exact) mass is 790 g/mol. The van der Waals surface area contributed by atoms with Crippen molar-refractivity contribution in [1.82, 2.24) is 19.5 Å². The molecule has 290 valence electrons. The van der Waals surface area contributed by atoms with Crippen molar-refractivity contribution < 1.29 is 0 Å². The van der Waals surface area contributed by atoms with Gasteiger partial charge in [0.1, 0.15) is 0 Å². The van der Waals surface area contributed by atoms with Gasteiger partial charge in [-0.1, -0.05) is 188 Å². The van der Waals surface area contributed by atoms with Crippen molar-refractivity contribution >= 4 is 21.8 Å². The molecule has 0 radical (unpaired) electrons. The van der Waals surface area contributed by atoms with Gasteiger partial charge in [0.2, 0.25) is 0 Å². The minimum absolute atomic E-state index is 0.585. The maximum atomic E-state index is 5.35. The number of para-hydroxylation sites is 2. The minimum Gasteiger partial charge on any atom is -0.309 e. The first kappa shape index (κ1) is 35.7. The van der Waals surface area contributed by atoms with Crippen LogP contribution in [0.1, 0.15) is 22.3 Å². The number of fused-ring (bicyclic) bond motifs is 6. The number of benzene rings is 9. The summed E-state index contributed by atoms with van der Waals surface area (Å²) in [7, 11) is 0. The molecule has 0 aliphatic heterocycles. The van der Waals surface area contributed by atoms with E-state index in [4.69, 9.17) is 15.0 Å². The summed E-state index contributed by atoms with van der Waals surface area (Å²) in [6, 6.07) is 82.4. The lowest BCUT2D eigenvalue weighted by molar-refractivity contribution is 0.769. The van der Waals surface area contributed by atoms with Crippen LogP contribution in [0.5, 0.6) is 0 Å². The molecule has 2 aromatic heterocycles. The maximum absolute atomic E-state index is 5.35. The maximum Gasteiger partial charge on any atom is 0.164 e. The van der Waals surface area contributed by atoms with Gasteiger partial charge in [0, 0.05) is 33.2 Å². The fourth-order valence-electron chi connectivity index (χ4n) is 9.84. The second-order valence-corrected chi connectivity index (χ2v) is 15.9. The van der Waals surface area contributed by atoms with E-state index in [1.807, 2.05) is 36.4 Å². The summed E-state index contributed by atoms with van der Waals surface area (Å²) < 4.78 is 2.37. The third-order valence-electron chi connectivity index (χ3n) is 12.5. The Morgan fingerprint density at radius 3 is 1.47 bits per heavy atom. The predicted octanol–water partition coefficient (Wildman–Crippen LogP) is 14.0. The molecule has 0 saturated carbocycles. The lowest BCUT2D eigenvalue weighted by Gasteiger charge is -2.34. The predicted molar refractivity (Wildman–Crippen MR) is 253 cm³/mol. The molecule has 62 heavy (non-hydrogen) atoms. The summed E-state index contributed by atoms with van der Waals surface area (Å²) in [5, 5.41) is 2.38. The average molecular weight is 791 g/mol. The van der Waals surface area contributed by atoms with Gasteiger partial charge in [0.05, 0.1) is 16.4 Å². The summed E-state index contributed by atoms with van der Waals surface area (Å²) in [4.78, 5) is 15.8. The van der Waals surface area contributed by atoms with Gasteiger partial charge in [0.15, 0.2) is 17.5 Å². The second kappa shape index (κ2) is 14.5. The fourth-order valence-corrected chi connectivity index (χ4v) is 9.84. The summed E-state index contributed by atoms with van der Waals surface area (Å²) in [6.45, 7) is 0. The normalized spacial score (nSPS) is 12.6. The summed E-state index contributed by atoms with van der Waals surface area (Å²) in [5.74, 6) is 1.88. The number of nitrogens with zero attached hydrogens (tertiary/aromatic N) is 4. The molecule has 9 aromatic carbocycles. The first-order chi connectivity index (χ1) is 30.8. The Balaban J connectivity index is 1.20. The van der Waals surface area contributed by atoms with Gasteiger partial charge >= 0.3 is 0 Å². The Hall–Kier alpha value is -8.21. The number of rotatable bonds is 7. The average Bonchev–Trinajstić information content (AvgIpc) is 3.85. The van der Waals surface area contributed by atoms with Crippen molar-refractivity contribution in [2.75, 3.05) is 0 Å². The molecule has 4 nitrogen and oxygen atoms in total. The zero-order valence-corrected chi connectivity index (χ0v) is 33.7. The molecule has 12 rings (SSSR count). The van der Waals surface area contributed by atoms with E-state index in [9.17, 15) is 0 Å². The van der Waals surface area contributed by atoms with E-state index in [0.29, 0.717) is 17.5 Å². The van der Waals surface area contributed by atoms with Gasteiger partial charge in [-0.2, -0.15) is 0 Å². The topological polar surface area (TPSA) is 43.6 Å². The Kier molecular flexibility index (Phi) is 8.36. The van der Waals surface area contributed by atoms with Gasteiger partial charge in [-0.25, -0.2) is 15.0 Å². The molecule has 1 aliphatic carbocycles. The molecule has 0 atom stereocenters. The minimum atomic E-state index is -0.585. The van der Waals surface area contributed by atoms with Crippen molar-refractivity contribution in [3.63, 3.8) is 0 Å². The van der Waals surface area contributed by atoms with Crippen molar-refractivity contribution in [3.05, 3.63) is 253 Å². The lowest BCUT2D eigenvalue weighted by atomic mass is 9.67. The lowest BCUT2D eigenvalue weighted by Crippen LogP contribution is -2.28. The van der Waals surface area contributed by atoms with E-state index >= 15 is 0 Å². The van der Waals surface area contributed by atoms with Gasteiger partial charge in [-0.3, -0.25) is 0 Å². The summed E-state index contributed by atoms with van der Waals surface area (Å²) in [6.07, 6.45) is 0. The molecule has 2 heterocycles. The van der Waals surface area contributed by atoms with Crippen LogP contribution < -0.4 is 0 Å². The number of hydrogen-bond acceptors (Lipinski definition) is 3. The summed E-state index contributed by atoms with van der Waals surface area (Å²) >= 11 is 0. The summed E-state index contributed by atoms with van der Waals surface area (Å²) in [5.41, 5.74) is 15.1. The van der Waals surface area contributed by atoms with Crippen LogP contribution in [0.25, 0.3) is 83.9 Å². The highest BCUT2D eigenvalue weighted by atomic mass is 15.0. The second-order valence-electron chi connectivity index (χ2n) is 15.9. The molecular weight excluding hydrogens is 753 g/mol. The molecule has 0 unspecified atom stereocenters. The van der Waals surface area contributed by atoms with Crippen LogP contribution in [0.2, 0.25) is 0 Å². The molecule has 11 aromatic rings. The Morgan fingerprint density at radius 1 is 0.306 bits per heavy atom. The standard InChI is InChI=1S/C58H38N4/c1-6-20-39(21-7-1)55-59-56(40-22-8-2-9-23-40)61-57(60-55)50-37-48-45-30-16-18-32-51(45)58(42-24-10-3-11-25-42,43-26-12-4-13-27-43)52(48)38-47(50)41-34-35-54-49(36-41)46-31-17-19-33-53(46)62(54)44-28-14-5-15-29-44/h1-38H. The van der Waals surface area contributed by atoms with Crippen molar-refractivity contribution in [2.24, 2.45) is 0 Å². The number of hydrogen-bond donors (Lipinski definition) is 0. The SMILES string of the molecule is c1ccc(-c2nc(-c3ccccc3)nc(-c3cc4c(cc3-c3ccc5c(c3)c3ccccc3n5-c3ccccc3)C(c3ccccc3)(c3ccccc3)c3ccccc3-4)n2)cc1. The van der Waals surface area contributed by atoms with Crippen LogP contribution in [-0.2, 0) is 5.41 Å².